The molecule has 0 amide bonds. The van der Waals surface area contributed by atoms with Gasteiger partial charge in [-0.25, -0.2) is 9.97 Å². The van der Waals surface area contributed by atoms with Gasteiger partial charge in [0, 0.05) is 19.2 Å². The monoisotopic (exact) mass is 356 g/mol. The Balaban J connectivity index is 1.52. The van der Waals surface area contributed by atoms with Crippen molar-refractivity contribution in [2.75, 3.05) is 43.6 Å². The third kappa shape index (κ3) is 5.25. The third-order valence-corrected chi connectivity index (χ3v) is 4.49. The molecule has 1 saturated heterocycles. The van der Waals surface area contributed by atoms with Gasteiger partial charge in [-0.2, -0.15) is 0 Å². The van der Waals surface area contributed by atoms with Crippen LogP contribution in [0.15, 0.2) is 30.3 Å². The van der Waals surface area contributed by atoms with E-state index in [0.717, 1.165) is 42.0 Å². The standard InChI is InChI=1S/C20H28N4O2/c1-16-22-19(15-20(23-16)24-12-5-3-4-6-13-24)21-11-14-26-18-9-7-17(25-2)8-10-18/h7-10,15H,3-6,11-14H2,1-2H3,(H,21,22,23). The molecule has 1 aliphatic heterocycles. The molecule has 3 rings (SSSR count). The van der Waals surface area contributed by atoms with E-state index in [1.54, 1.807) is 7.11 Å². The van der Waals surface area contributed by atoms with Crippen molar-refractivity contribution in [1.82, 2.24) is 9.97 Å². The molecule has 2 heterocycles. The zero-order valence-corrected chi connectivity index (χ0v) is 15.7. The van der Waals surface area contributed by atoms with Crippen molar-refractivity contribution in [2.45, 2.75) is 32.6 Å². The van der Waals surface area contributed by atoms with Gasteiger partial charge in [-0.05, 0) is 44.0 Å². The number of methoxy groups -OCH3 is 1. The van der Waals surface area contributed by atoms with Crippen molar-refractivity contribution in [3.8, 4) is 11.5 Å². The number of benzene rings is 1. The lowest BCUT2D eigenvalue weighted by atomic mass is 10.2. The van der Waals surface area contributed by atoms with Crippen molar-refractivity contribution >= 4 is 11.6 Å². The SMILES string of the molecule is COc1ccc(OCCNc2cc(N3CCCCCC3)nc(C)n2)cc1. The molecule has 0 radical (unpaired) electrons. The van der Waals surface area contributed by atoms with Gasteiger partial charge in [0.05, 0.1) is 13.7 Å². The molecule has 1 aromatic carbocycles. The molecule has 0 atom stereocenters. The number of aryl methyl sites for hydroxylation is 1. The predicted octanol–water partition coefficient (Wildman–Crippen LogP) is 3.66. The fourth-order valence-corrected chi connectivity index (χ4v) is 3.12. The van der Waals surface area contributed by atoms with Crippen LogP contribution in [-0.4, -0.2) is 43.3 Å². The van der Waals surface area contributed by atoms with Gasteiger partial charge in [0.1, 0.15) is 35.6 Å². The Morgan fingerprint density at radius 1 is 1.00 bits per heavy atom. The number of hydrogen-bond donors (Lipinski definition) is 1. The summed E-state index contributed by atoms with van der Waals surface area (Å²) in [4.78, 5) is 11.5. The van der Waals surface area contributed by atoms with E-state index in [4.69, 9.17) is 9.47 Å². The molecule has 1 fully saturated rings. The van der Waals surface area contributed by atoms with Gasteiger partial charge in [0.2, 0.25) is 0 Å². The van der Waals surface area contributed by atoms with Gasteiger partial charge in [0.15, 0.2) is 0 Å². The van der Waals surface area contributed by atoms with E-state index in [1.807, 2.05) is 37.3 Å². The van der Waals surface area contributed by atoms with Gasteiger partial charge in [-0.1, -0.05) is 12.8 Å². The molecule has 2 aromatic rings. The third-order valence-electron chi connectivity index (χ3n) is 4.49. The molecule has 0 unspecified atom stereocenters. The average molecular weight is 356 g/mol. The summed E-state index contributed by atoms with van der Waals surface area (Å²) in [5.41, 5.74) is 0. The van der Waals surface area contributed by atoms with Crippen LogP contribution in [0.2, 0.25) is 0 Å². The Bertz CT molecular complexity index is 683. The van der Waals surface area contributed by atoms with Crippen molar-refractivity contribution in [1.29, 1.82) is 0 Å². The highest BCUT2D eigenvalue weighted by molar-refractivity contribution is 5.49. The zero-order chi connectivity index (χ0) is 18.2. The van der Waals surface area contributed by atoms with E-state index in [1.165, 1.54) is 25.7 Å². The largest absolute Gasteiger partial charge is 0.497 e. The predicted molar refractivity (Wildman–Crippen MR) is 104 cm³/mol. The zero-order valence-electron chi connectivity index (χ0n) is 15.7. The second-order valence-electron chi connectivity index (χ2n) is 6.51. The number of rotatable bonds is 7. The van der Waals surface area contributed by atoms with Crippen molar-refractivity contribution in [2.24, 2.45) is 0 Å². The first-order valence-electron chi connectivity index (χ1n) is 9.36. The van der Waals surface area contributed by atoms with Crippen LogP contribution >= 0.6 is 0 Å². The van der Waals surface area contributed by atoms with E-state index in [-0.39, 0.29) is 0 Å². The van der Waals surface area contributed by atoms with Crippen molar-refractivity contribution in [3.63, 3.8) is 0 Å². The van der Waals surface area contributed by atoms with Crippen molar-refractivity contribution in [3.05, 3.63) is 36.2 Å². The first-order valence-corrected chi connectivity index (χ1v) is 9.36. The Morgan fingerprint density at radius 2 is 1.69 bits per heavy atom. The molecule has 0 spiro atoms. The summed E-state index contributed by atoms with van der Waals surface area (Å²) in [7, 11) is 1.66. The van der Waals surface area contributed by atoms with Gasteiger partial charge in [-0.15, -0.1) is 0 Å². The Labute approximate surface area is 155 Å². The first kappa shape index (κ1) is 18.3. The topological polar surface area (TPSA) is 59.5 Å². The van der Waals surface area contributed by atoms with Gasteiger partial charge in [0.25, 0.3) is 0 Å². The summed E-state index contributed by atoms with van der Waals surface area (Å²) in [5.74, 6) is 4.34. The molecule has 0 saturated carbocycles. The minimum Gasteiger partial charge on any atom is -0.497 e. The molecule has 1 N–H and O–H groups in total. The highest BCUT2D eigenvalue weighted by Crippen LogP contribution is 2.20. The summed E-state index contributed by atoms with van der Waals surface area (Å²) in [6.07, 6.45) is 5.10. The molecule has 140 valence electrons. The van der Waals surface area contributed by atoms with Crippen LogP contribution in [0.1, 0.15) is 31.5 Å². The smallest absolute Gasteiger partial charge is 0.134 e. The number of nitrogens with zero attached hydrogens (tertiary/aromatic N) is 3. The Hall–Kier alpha value is -2.50. The maximum absolute atomic E-state index is 5.75. The quantitative estimate of drug-likeness (QED) is 0.764. The first-order chi connectivity index (χ1) is 12.7. The van der Waals surface area contributed by atoms with Crippen LogP contribution < -0.4 is 19.7 Å². The summed E-state index contributed by atoms with van der Waals surface area (Å²) >= 11 is 0. The van der Waals surface area contributed by atoms with Crippen molar-refractivity contribution < 1.29 is 9.47 Å². The van der Waals surface area contributed by atoms with Crippen LogP contribution in [0.4, 0.5) is 11.6 Å². The minimum atomic E-state index is 0.564. The second kappa shape index (κ2) is 9.27. The Kier molecular flexibility index (Phi) is 6.52. The summed E-state index contributed by atoms with van der Waals surface area (Å²) in [6.45, 7) is 5.35. The lowest BCUT2D eigenvalue weighted by molar-refractivity contribution is 0.331. The van der Waals surface area contributed by atoms with E-state index in [0.29, 0.717) is 13.2 Å². The molecule has 6 nitrogen and oxygen atoms in total. The molecular formula is C20H28N4O2. The van der Waals surface area contributed by atoms with Gasteiger partial charge < -0.3 is 19.7 Å². The number of nitrogens with one attached hydrogen (secondary N) is 1. The number of aromatic nitrogens is 2. The number of hydrogen-bond acceptors (Lipinski definition) is 6. The highest BCUT2D eigenvalue weighted by Gasteiger charge is 2.12. The molecule has 0 aliphatic carbocycles. The lowest BCUT2D eigenvalue weighted by Crippen LogP contribution is -2.25. The molecule has 0 bridgehead atoms. The van der Waals surface area contributed by atoms with E-state index in [9.17, 15) is 0 Å². The summed E-state index contributed by atoms with van der Waals surface area (Å²) < 4.78 is 10.9. The van der Waals surface area contributed by atoms with Crippen LogP contribution in [0, 0.1) is 6.92 Å². The van der Waals surface area contributed by atoms with E-state index >= 15 is 0 Å². The highest BCUT2D eigenvalue weighted by atomic mass is 16.5. The number of anilines is 2. The molecular weight excluding hydrogens is 328 g/mol. The maximum atomic E-state index is 5.75. The van der Waals surface area contributed by atoms with Gasteiger partial charge >= 0.3 is 0 Å². The molecule has 1 aromatic heterocycles. The Morgan fingerprint density at radius 3 is 2.38 bits per heavy atom. The molecule has 1 aliphatic rings. The fourth-order valence-electron chi connectivity index (χ4n) is 3.12. The molecule has 26 heavy (non-hydrogen) atoms. The minimum absolute atomic E-state index is 0.564. The number of ether oxygens (including phenoxy) is 2. The fraction of sp³-hybridized carbons (Fsp3) is 0.500. The second-order valence-corrected chi connectivity index (χ2v) is 6.51. The van der Waals surface area contributed by atoms with E-state index in [2.05, 4.69) is 20.2 Å². The normalized spacial score (nSPS) is 14.6. The summed E-state index contributed by atoms with van der Waals surface area (Å²) in [6, 6.07) is 9.65. The maximum Gasteiger partial charge on any atom is 0.134 e. The lowest BCUT2D eigenvalue weighted by Gasteiger charge is -2.22. The average Bonchev–Trinajstić information content (AvgIpc) is 2.95. The van der Waals surface area contributed by atoms with Gasteiger partial charge in [-0.3, -0.25) is 0 Å². The van der Waals surface area contributed by atoms with Crippen LogP contribution in [0.5, 0.6) is 11.5 Å². The van der Waals surface area contributed by atoms with Crippen LogP contribution in [0.25, 0.3) is 0 Å². The van der Waals surface area contributed by atoms with Crippen LogP contribution in [0.3, 0.4) is 0 Å². The van der Waals surface area contributed by atoms with Crippen LogP contribution in [-0.2, 0) is 0 Å². The van der Waals surface area contributed by atoms with E-state index < -0.39 is 0 Å². The molecule has 6 heteroatoms. The summed E-state index contributed by atoms with van der Waals surface area (Å²) in [5, 5.41) is 3.35.